The third-order valence-electron chi connectivity index (χ3n) is 6.66. The van der Waals surface area contributed by atoms with Crippen LogP contribution in [0.1, 0.15) is 69.8 Å². The van der Waals surface area contributed by atoms with Crippen molar-refractivity contribution in [3.8, 4) is 16.9 Å². The van der Waals surface area contributed by atoms with Gasteiger partial charge in [0.25, 0.3) is 0 Å². The number of hydrogen-bond donors (Lipinski definition) is 1. The van der Waals surface area contributed by atoms with E-state index in [0.717, 1.165) is 27.8 Å². The third kappa shape index (κ3) is 4.63. The first-order valence-electron chi connectivity index (χ1n) is 11.2. The summed E-state index contributed by atoms with van der Waals surface area (Å²) in [7, 11) is 0. The van der Waals surface area contributed by atoms with Gasteiger partial charge in [0.2, 0.25) is 0 Å². The van der Waals surface area contributed by atoms with Crippen molar-refractivity contribution in [3.63, 3.8) is 0 Å². The Kier molecular flexibility index (Phi) is 6.18. The van der Waals surface area contributed by atoms with E-state index in [1.807, 2.05) is 30.3 Å². The van der Waals surface area contributed by atoms with E-state index in [4.69, 9.17) is 0 Å². The number of benzene rings is 3. The summed E-state index contributed by atoms with van der Waals surface area (Å²) >= 11 is 0. The van der Waals surface area contributed by atoms with Crippen molar-refractivity contribution in [1.82, 2.24) is 0 Å². The summed E-state index contributed by atoms with van der Waals surface area (Å²) in [6.07, 6.45) is 10.3. The molecule has 152 valence electrons. The number of fused-ring (bicyclic) bond motifs is 1. The molecule has 1 N–H and O–H groups in total. The number of unbranched alkanes of at least 4 members (excludes halogenated alkanes) is 2. The summed E-state index contributed by atoms with van der Waals surface area (Å²) in [6.45, 7) is 2.26. The van der Waals surface area contributed by atoms with Crippen LogP contribution >= 0.6 is 0 Å². The minimum atomic E-state index is -0.134. The molecule has 0 spiro atoms. The van der Waals surface area contributed by atoms with Gasteiger partial charge in [0, 0.05) is 5.56 Å². The van der Waals surface area contributed by atoms with E-state index in [9.17, 15) is 9.50 Å². The van der Waals surface area contributed by atoms with Gasteiger partial charge in [-0.05, 0) is 83.7 Å². The summed E-state index contributed by atoms with van der Waals surface area (Å²) in [5.74, 6) is 1.49. The number of aromatic hydroxyl groups is 1. The van der Waals surface area contributed by atoms with E-state index < -0.39 is 0 Å². The molecule has 4 rings (SSSR count). The highest BCUT2D eigenvalue weighted by Gasteiger charge is 2.23. The van der Waals surface area contributed by atoms with Gasteiger partial charge in [0.15, 0.2) is 0 Å². The van der Waals surface area contributed by atoms with E-state index in [2.05, 4.69) is 13.0 Å². The molecule has 0 bridgehead atoms. The first-order valence-corrected chi connectivity index (χ1v) is 11.2. The summed E-state index contributed by atoms with van der Waals surface area (Å²) in [6, 6.07) is 17.0. The van der Waals surface area contributed by atoms with Crippen molar-refractivity contribution in [2.45, 2.75) is 64.2 Å². The predicted octanol–water partition coefficient (Wildman–Crippen LogP) is 8.21. The Morgan fingerprint density at radius 2 is 1.62 bits per heavy atom. The van der Waals surface area contributed by atoms with Crippen LogP contribution in [0.15, 0.2) is 54.6 Å². The van der Waals surface area contributed by atoms with Crippen molar-refractivity contribution in [3.05, 3.63) is 66.0 Å². The Hall–Kier alpha value is -2.35. The Morgan fingerprint density at radius 1 is 0.862 bits per heavy atom. The lowest BCUT2D eigenvalue weighted by Crippen LogP contribution is -2.13. The summed E-state index contributed by atoms with van der Waals surface area (Å²) < 4.78 is 15.0. The van der Waals surface area contributed by atoms with Gasteiger partial charge in [-0.2, -0.15) is 0 Å². The van der Waals surface area contributed by atoms with Crippen LogP contribution in [0.5, 0.6) is 5.75 Å². The monoisotopic (exact) mass is 390 g/mol. The SMILES string of the molecule is CCCCCC1CCC(c2ccc(-c3ccc4cc(O)ccc4c3)c(F)c2)CC1. The number of phenols is 1. The van der Waals surface area contributed by atoms with Crippen LogP contribution in [0.2, 0.25) is 0 Å². The van der Waals surface area contributed by atoms with E-state index >= 15 is 0 Å². The van der Waals surface area contributed by atoms with Gasteiger partial charge in [0.1, 0.15) is 11.6 Å². The molecule has 1 saturated carbocycles. The van der Waals surface area contributed by atoms with Crippen molar-refractivity contribution < 1.29 is 9.50 Å². The number of hydrogen-bond acceptors (Lipinski definition) is 1. The number of rotatable bonds is 6. The lowest BCUT2D eigenvalue weighted by Gasteiger charge is -2.29. The van der Waals surface area contributed by atoms with Gasteiger partial charge in [-0.15, -0.1) is 0 Å². The molecule has 0 radical (unpaired) electrons. The van der Waals surface area contributed by atoms with Gasteiger partial charge >= 0.3 is 0 Å². The molecule has 0 aromatic heterocycles. The molecule has 1 aliphatic rings. The molecule has 0 saturated heterocycles. The van der Waals surface area contributed by atoms with Gasteiger partial charge in [-0.25, -0.2) is 4.39 Å². The zero-order valence-electron chi connectivity index (χ0n) is 17.3. The van der Waals surface area contributed by atoms with E-state index in [1.165, 1.54) is 51.4 Å². The van der Waals surface area contributed by atoms with Gasteiger partial charge in [-0.3, -0.25) is 0 Å². The zero-order valence-corrected chi connectivity index (χ0v) is 17.3. The molecule has 0 amide bonds. The van der Waals surface area contributed by atoms with Crippen LogP contribution in [-0.2, 0) is 0 Å². The predicted molar refractivity (Wildman–Crippen MR) is 120 cm³/mol. The Balaban J connectivity index is 1.47. The molecule has 29 heavy (non-hydrogen) atoms. The van der Waals surface area contributed by atoms with Crippen molar-refractivity contribution >= 4 is 10.8 Å². The van der Waals surface area contributed by atoms with Gasteiger partial charge < -0.3 is 5.11 Å². The van der Waals surface area contributed by atoms with E-state index in [-0.39, 0.29) is 11.6 Å². The highest BCUT2D eigenvalue weighted by molar-refractivity contribution is 5.88. The minimum absolute atomic E-state index is 0.134. The average Bonchev–Trinajstić information content (AvgIpc) is 2.74. The average molecular weight is 391 g/mol. The quantitative estimate of drug-likeness (QED) is 0.420. The van der Waals surface area contributed by atoms with Crippen LogP contribution in [0.4, 0.5) is 4.39 Å². The third-order valence-corrected chi connectivity index (χ3v) is 6.66. The van der Waals surface area contributed by atoms with Crippen LogP contribution in [-0.4, -0.2) is 5.11 Å². The second kappa shape index (κ2) is 8.98. The molecule has 0 unspecified atom stereocenters. The first-order chi connectivity index (χ1) is 14.1. The molecule has 2 heteroatoms. The maximum Gasteiger partial charge on any atom is 0.131 e. The molecule has 0 atom stereocenters. The molecule has 1 fully saturated rings. The molecular weight excluding hydrogens is 359 g/mol. The van der Waals surface area contributed by atoms with Crippen LogP contribution in [0, 0.1) is 11.7 Å². The Labute approximate surface area is 173 Å². The summed E-state index contributed by atoms with van der Waals surface area (Å²) in [5.41, 5.74) is 2.69. The lowest BCUT2D eigenvalue weighted by atomic mass is 9.77. The fraction of sp³-hybridized carbons (Fsp3) is 0.407. The molecular formula is C27H31FO. The summed E-state index contributed by atoms with van der Waals surface area (Å²) in [5, 5.41) is 11.6. The largest absolute Gasteiger partial charge is 0.508 e. The van der Waals surface area contributed by atoms with E-state index in [0.29, 0.717) is 11.5 Å². The molecule has 0 heterocycles. The van der Waals surface area contributed by atoms with E-state index in [1.54, 1.807) is 18.2 Å². The minimum Gasteiger partial charge on any atom is -0.508 e. The standard InChI is InChI=1S/C27H31FO/c1-2-3-4-5-19-6-8-20(9-7-19)23-13-15-26(27(28)18-23)24-11-10-22-17-25(29)14-12-21(22)16-24/h10-20,29H,2-9H2,1H3. The van der Waals surface area contributed by atoms with Gasteiger partial charge in [-0.1, -0.05) is 62.9 Å². The number of halogens is 1. The normalized spacial score (nSPS) is 19.5. The van der Waals surface area contributed by atoms with Crippen molar-refractivity contribution in [2.24, 2.45) is 5.92 Å². The highest BCUT2D eigenvalue weighted by atomic mass is 19.1. The van der Waals surface area contributed by atoms with Crippen molar-refractivity contribution in [2.75, 3.05) is 0 Å². The first kappa shape index (κ1) is 19.9. The number of phenolic OH excluding ortho intramolecular Hbond substituents is 1. The fourth-order valence-electron chi connectivity index (χ4n) is 4.89. The van der Waals surface area contributed by atoms with Gasteiger partial charge in [0.05, 0.1) is 0 Å². The smallest absolute Gasteiger partial charge is 0.131 e. The topological polar surface area (TPSA) is 20.2 Å². The van der Waals surface area contributed by atoms with Crippen LogP contribution in [0.25, 0.3) is 21.9 Å². The second-order valence-corrected chi connectivity index (χ2v) is 8.70. The molecule has 1 nitrogen and oxygen atoms in total. The van der Waals surface area contributed by atoms with Crippen LogP contribution in [0.3, 0.4) is 0 Å². The lowest BCUT2D eigenvalue weighted by molar-refractivity contribution is 0.302. The zero-order chi connectivity index (χ0) is 20.2. The molecule has 1 aliphatic carbocycles. The molecule has 3 aromatic carbocycles. The fourth-order valence-corrected chi connectivity index (χ4v) is 4.89. The van der Waals surface area contributed by atoms with Crippen LogP contribution < -0.4 is 0 Å². The molecule has 3 aromatic rings. The Bertz CT molecular complexity index is 969. The molecule has 0 aliphatic heterocycles. The van der Waals surface area contributed by atoms with Crippen molar-refractivity contribution in [1.29, 1.82) is 0 Å². The Morgan fingerprint density at radius 3 is 2.38 bits per heavy atom. The summed E-state index contributed by atoms with van der Waals surface area (Å²) in [4.78, 5) is 0. The second-order valence-electron chi connectivity index (χ2n) is 8.70. The maximum absolute atomic E-state index is 15.0. The highest BCUT2D eigenvalue weighted by Crippen LogP contribution is 2.39. The maximum atomic E-state index is 15.0.